The summed E-state index contributed by atoms with van der Waals surface area (Å²) in [6.07, 6.45) is 1.73. The first kappa shape index (κ1) is 13.1. The van der Waals surface area contributed by atoms with Crippen molar-refractivity contribution in [2.24, 2.45) is 0 Å². The Morgan fingerprint density at radius 3 is 2.81 bits per heavy atom. The van der Waals surface area contributed by atoms with E-state index >= 15 is 0 Å². The molecule has 0 saturated heterocycles. The molecule has 0 spiro atoms. The summed E-state index contributed by atoms with van der Waals surface area (Å²) in [5, 5.41) is 0.921. The molecule has 4 heteroatoms. The molecular formula is C17H14N2O2. The topological polar surface area (TPSA) is 65.2 Å². The number of fused-ring (bicyclic) bond motifs is 1. The summed E-state index contributed by atoms with van der Waals surface area (Å²) in [6, 6.07) is 14.4. The number of pyridine rings is 1. The second kappa shape index (κ2) is 5.25. The molecular weight excluding hydrogens is 264 g/mol. The number of aromatic nitrogens is 1. The van der Waals surface area contributed by atoms with Crippen LogP contribution in [-0.2, 0) is 0 Å². The van der Waals surface area contributed by atoms with Gasteiger partial charge in [0.25, 0.3) is 0 Å². The Morgan fingerprint density at radius 1 is 1.14 bits per heavy atom. The summed E-state index contributed by atoms with van der Waals surface area (Å²) in [5.41, 5.74) is 8.22. The van der Waals surface area contributed by atoms with Crippen LogP contribution in [0.15, 0.2) is 54.7 Å². The minimum absolute atomic E-state index is 0.128. The number of anilines is 1. The number of hydrogen-bond acceptors (Lipinski definition) is 4. The van der Waals surface area contributed by atoms with Crippen LogP contribution < -0.4 is 10.5 Å². The lowest BCUT2D eigenvalue weighted by molar-refractivity contribution is 0.103. The SMILES string of the molecule is COc1cccc(C(=O)c2ccc3ncccc3c2)c1N. The van der Waals surface area contributed by atoms with Crippen LogP contribution >= 0.6 is 0 Å². The summed E-state index contributed by atoms with van der Waals surface area (Å²) < 4.78 is 5.15. The van der Waals surface area contributed by atoms with Crippen LogP contribution in [0.25, 0.3) is 10.9 Å². The molecule has 4 nitrogen and oxygen atoms in total. The number of para-hydroxylation sites is 1. The molecule has 0 aliphatic rings. The summed E-state index contributed by atoms with van der Waals surface area (Å²) in [7, 11) is 1.53. The average Bonchev–Trinajstić information content (AvgIpc) is 2.54. The van der Waals surface area contributed by atoms with Gasteiger partial charge in [-0.15, -0.1) is 0 Å². The number of carbonyl (C=O) groups excluding carboxylic acids is 1. The van der Waals surface area contributed by atoms with Crippen LogP contribution in [0.4, 0.5) is 5.69 Å². The number of methoxy groups -OCH3 is 1. The van der Waals surface area contributed by atoms with Crippen molar-refractivity contribution in [3.05, 3.63) is 65.9 Å². The van der Waals surface area contributed by atoms with Gasteiger partial charge in [0.15, 0.2) is 5.78 Å². The fourth-order valence-electron chi connectivity index (χ4n) is 2.29. The van der Waals surface area contributed by atoms with Crippen LogP contribution in [0.3, 0.4) is 0 Å². The third-order valence-corrected chi connectivity index (χ3v) is 3.40. The molecule has 1 aromatic heterocycles. The van der Waals surface area contributed by atoms with E-state index in [2.05, 4.69) is 4.98 Å². The smallest absolute Gasteiger partial charge is 0.195 e. The summed E-state index contributed by atoms with van der Waals surface area (Å²) in [6.45, 7) is 0. The Balaban J connectivity index is 2.08. The molecule has 0 aliphatic carbocycles. The number of hydrogen-bond donors (Lipinski definition) is 1. The highest BCUT2D eigenvalue weighted by molar-refractivity contribution is 6.13. The van der Waals surface area contributed by atoms with Gasteiger partial charge >= 0.3 is 0 Å². The van der Waals surface area contributed by atoms with Gasteiger partial charge in [-0.1, -0.05) is 12.1 Å². The van der Waals surface area contributed by atoms with Crippen molar-refractivity contribution in [1.29, 1.82) is 0 Å². The number of nitrogens with zero attached hydrogens (tertiary/aromatic N) is 1. The molecule has 0 fully saturated rings. The Labute approximate surface area is 122 Å². The highest BCUT2D eigenvalue weighted by Gasteiger charge is 2.15. The third kappa shape index (κ3) is 2.31. The zero-order valence-corrected chi connectivity index (χ0v) is 11.5. The van der Waals surface area contributed by atoms with Gasteiger partial charge in [0.05, 0.1) is 18.3 Å². The lowest BCUT2D eigenvalue weighted by atomic mass is 10.00. The number of nitrogen functional groups attached to an aromatic ring is 1. The maximum Gasteiger partial charge on any atom is 0.195 e. The minimum Gasteiger partial charge on any atom is -0.495 e. The van der Waals surface area contributed by atoms with Crippen molar-refractivity contribution in [3.63, 3.8) is 0 Å². The normalized spacial score (nSPS) is 10.5. The van der Waals surface area contributed by atoms with Crippen molar-refractivity contribution >= 4 is 22.4 Å². The number of ketones is 1. The van der Waals surface area contributed by atoms with E-state index in [1.54, 1.807) is 30.5 Å². The molecule has 2 aromatic carbocycles. The van der Waals surface area contributed by atoms with Crippen LogP contribution in [0.1, 0.15) is 15.9 Å². The van der Waals surface area contributed by atoms with Gasteiger partial charge in [0.1, 0.15) is 5.75 Å². The van der Waals surface area contributed by atoms with Gasteiger partial charge in [-0.2, -0.15) is 0 Å². The first-order valence-corrected chi connectivity index (χ1v) is 6.52. The van der Waals surface area contributed by atoms with Crippen molar-refractivity contribution in [2.75, 3.05) is 12.8 Å². The van der Waals surface area contributed by atoms with Gasteiger partial charge in [-0.25, -0.2) is 0 Å². The van der Waals surface area contributed by atoms with Crippen molar-refractivity contribution in [3.8, 4) is 5.75 Å². The largest absolute Gasteiger partial charge is 0.495 e. The predicted molar refractivity (Wildman–Crippen MR) is 82.6 cm³/mol. The highest BCUT2D eigenvalue weighted by atomic mass is 16.5. The first-order chi connectivity index (χ1) is 10.2. The van der Waals surface area contributed by atoms with Gasteiger partial charge in [-0.3, -0.25) is 9.78 Å². The molecule has 104 valence electrons. The Morgan fingerprint density at radius 2 is 2.00 bits per heavy atom. The maximum absolute atomic E-state index is 12.6. The van der Waals surface area contributed by atoms with Crippen LogP contribution in [0, 0.1) is 0 Å². The van der Waals surface area contributed by atoms with Gasteiger partial charge in [-0.05, 0) is 36.4 Å². The van der Waals surface area contributed by atoms with Crippen LogP contribution in [0.2, 0.25) is 0 Å². The lowest BCUT2D eigenvalue weighted by Gasteiger charge is -2.09. The number of ether oxygens (including phenoxy) is 1. The van der Waals surface area contributed by atoms with Crippen molar-refractivity contribution < 1.29 is 9.53 Å². The Hall–Kier alpha value is -2.88. The second-order valence-electron chi connectivity index (χ2n) is 4.66. The molecule has 2 N–H and O–H groups in total. The minimum atomic E-state index is -0.128. The molecule has 21 heavy (non-hydrogen) atoms. The quantitative estimate of drug-likeness (QED) is 0.590. The molecule has 0 atom stereocenters. The van der Waals surface area contributed by atoms with Crippen molar-refractivity contribution in [2.45, 2.75) is 0 Å². The van der Waals surface area contributed by atoms with E-state index in [1.807, 2.05) is 24.3 Å². The van der Waals surface area contributed by atoms with Gasteiger partial charge in [0.2, 0.25) is 0 Å². The fraction of sp³-hybridized carbons (Fsp3) is 0.0588. The standard InChI is InChI=1S/C17H14N2O2/c1-21-15-6-2-5-13(16(15)18)17(20)12-7-8-14-11(10-12)4-3-9-19-14/h2-10H,18H2,1H3. The van der Waals surface area contributed by atoms with Crippen LogP contribution in [-0.4, -0.2) is 17.9 Å². The van der Waals surface area contributed by atoms with E-state index in [9.17, 15) is 4.79 Å². The van der Waals surface area contributed by atoms with E-state index in [1.165, 1.54) is 7.11 Å². The molecule has 0 aliphatic heterocycles. The number of nitrogens with two attached hydrogens (primary N) is 1. The number of rotatable bonds is 3. The van der Waals surface area contributed by atoms with E-state index in [4.69, 9.17) is 10.5 Å². The second-order valence-corrected chi connectivity index (χ2v) is 4.66. The van der Waals surface area contributed by atoms with E-state index < -0.39 is 0 Å². The molecule has 0 unspecified atom stereocenters. The molecule has 0 radical (unpaired) electrons. The monoisotopic (exact) mass is 278 g/mol. The summed E-state index contributed by atoms with van der Waals surface area (Å²) in [5.74, 6) is 0.375. The fourth-order valence-corrected chi connectivity index (χ4v) is 2.29. The van der Waals surface area contributed by atoms with E-state index in [0.29, 0.717) is 22.6 Å². The Bertz CT molecular complexity index is 828. The lowest BCUT2D eigenvalue weighted by Crippen LogP contribution is -2.06. The predicted octanol–water partition coefficient (Wildman–Crippen LogP) is 3.06. The summed E-state index contributed by atoms with van der Waals surface area (Å²) in [4.78, 5) is 16.9. The molecule has 0 amide bonds. The van der Waals surface area contributed by atoms with Gasteiger partial charge in [0, 0.05) is 22.7 Å². The number of carbonyl (C=O) groups is 1. The molecule has 1 heterocycles. The summed E-state index contributed by atoms with van der Waals surface area (Å²) >= 11 is 0. The van der Waals surface area contributed by atoms with Gasteiger partial charge < -0.3 is 10.5 Å². The zero-order chi connectivity index (χ0) is 14.8. The molecule has 0 saturated carbocycles. The van der Waals surface area contributed by atoms with E-state index in [-0.39, 0.29) is 5.78 Å². The van der Waals surface area contributed by atoms with Crippen LogP contribution in [0.5, 0.6) is 5.75 Å². The average molecular weight is 278 g/mol. The number of benzene rings is 2. The molecule has 0 bridgehead atoms. The third-order valence-electron chi connectivity index (χ3n) is 3.40. The Kier molecular flexibility index (Phi) is 3.28. The molecule has 3 rings (SSSR count). The maximum atomic E-state index is 12.6. The van der Waals surface area contributed by atoms with E-state index in [0.717, 1.165) is 10.9 Å². The molecule has 3 aromatic rings. The first-order valence-electron chi connectivity index (χ1n) is 6.52. The zero-order valence-electron chi connectivity index (χ0n) is 11.5. The highest BCUT2D eigenvalue weighted by Crippen LogP contribution is 2.27. The van der Waals surface area contributed by atoms with Crippen molar-refractivity contribution in [1.82, 2.24) is 4.98 Å².